The summed E-state index contributed by atoms with van der Waals surface area (Å²) in [4.78, 5) is 4.54. The molecule has 8 heteroatoms. The predicted octanol–water partition coefficient (Wildman–Crippen LogP) is 4.29. The van der Waals surface area contributed by atoms with Crippen LogP contribution >= 0.6 is 0 Å². The number of imidazole rings is 1. The number of aliphatic hydroxyl groups is 1. The van der Waals surface area contributed by atoms with Gasteiger partial charge in [-0.3, -0.25) is 0 Å². The molecular formula is C25H27N7O. The van der Waals surface area contributed by atoms with Crippen molar-refractivity contribution in [2.24, 2.45) is 5.92 Å². The highest BCUT2D eigenvalue weighted by atomic mass is 16.3. The highest BCUT2D eigenvalue weighted by Crippen LogP contribution is 2.31. The fourth-order valence-electron chi connectivity index (χ4n) is 3.98. The van der Waals surface area contributed by atoms with E-state index in [1.54, 1.807) is 0 Å². The molecule has 1 atom stereocenters. The molecule has 2 N–H and O–H groups in total. The zero-order chi connectivity index (χ0) is 23.4. The van der Waals surface area contributed by atoms with E-state index in [2.05, 4.69) is 62.9 Å². The van der Waals surface area contributed by atoms with Crippen LogP contribution in [-0.2, 0) is 13.0 Å². The van der Waals surface area contributed by atoms with Gasteiger partial charge >= 0.3 is 0 Å². The van der Waals surface area contributed by atoms with E-state index >= 15 is 0 Å². The molecule has 4 rings (SSSR count). The molecule has 8 nitrogen and oxygen atoms in total. The van der Waals surface area contributed by atoms with Crippen LogP contribution in [0.3, 0.4) is 0 Å². The van der Waals surface area contributed by atoms with Crippen molar-refractivity contribution >= 4 is 0 Å². The zero-order valence-corrected chi connectivity index (χ0v) is 19.0. The van der Waals surface area contributed by atoms with Crippen LogP contribution in [0.25, 0.3) is 22.5 Å². The molecule has 0 saturated carbocycles. The van der Waals surface area contributed by atoms with Gasteiger partial charge in [0.15, 0.2) is 5.69 Å². The van der Waals surface area contributed by atoms with Gasteiger partial charge in [-0.05, 0) is 34.2 Å². The Bertz CT molecular complexity index is 1250. The highest BCUT2D eigenvalue weighted by Gasteiger charge is 2.25. The van der Waals surface area contributed by atoms with Gasteiger partial charge in [-0.15, -0.1) is 10.2 Å². The van der Waals surface area contributed by atoms with Crippen LogP contribution in [-0.4, -0.2) is 35.3 Å². The lowest BCUT2D eigenvalue weighted by Crippen LogP contribution is -2.16. The van der Waals surface area contributed by atoms with Gasteiger partial charge in [0.25, 0.3) is 0 Å². The maximum Gasteiger partial charge on any atom is 0.205 e. The summed E-state index contributed by atoms with van der Waals surface area (Å²) in [5.74, 6) is 1.36. The molecule has 2 heterocycles. The standard InChI is InChI=1S/C25H27N7O/c1-4-7-22-27-21(14-26)23(24(33)16(2)3)32(22)15-17-10-12-18(13-11-17)19-8-5-6-9-20(19)25-28-30-31-29-25/h5-6,8-13,16,24,33H,4,7,15H2,1-3H3,(H,28,29,30,31). The molecule has 0 aliphatic heterocycles. The summed E-state index contributed by atoms with van der Waals surface area (Å²) >= 11 is 0. The summed E-state index contributed by atoms with van der Waals surface area (Å²) in [7, 11) is 0. The van der Waals surface area contributed by atoms with Gasteiger partial charge < -0.3 is 9.67 Å². The quantitative estimate of drug-likeness (QED) is 0.421. The van der Waals surface area contributed by atoms with Gasteiger partial charge in [0, 0.05) is 18.5 Å². The lowest BCUT2D eigenvalue weighted by Gasteiger charge is -2.19. The largest absolute Gasteiger partial charge is 0.387 e. The topological polar surface area (TPSA) is 116 Å². The number of rotatable bonds is 8. The summed E-state index contributed by atoms with van der Waals surface area (Å²) in [5, 5.41) is 34.9. The average Bonchev–Trinajstić information content (AvgIpc) is 3.48. The molecule has 4 aromatic rings. The smallest absolute Gasteiger partial charge is 0.205 e. The van der Waals surface area contributed by atoms with Gasteiger partial charge in [0.1, 0.15) is 11.9 Å². The fourth-order valence-corrected chi connectivity index (χ4v) is 3.98. The average molecular weight is 442 g/mol. The molecule has 2 aromatic heterocycles. The minimum Gasteiger partial charge on any atom is -0.387 e. The van der Waals surface area contributed by atoms with Crippen LogP contribution in [0.5, 0.6) is 0 Å². The number of H-pyrrole nitrogens is 1. The summed E-state index contributed by atoms with van der Waals surface area (Å²) in [6.45, 7) is 6.51. The van der Waals surface area contributed by atoms with Crippen molar-refractivity contribution in [1.29, 1.82) is 5.26 Å². The number of nitrogens with zero attached hydrogens (tertiary/aromatic N) is 6. The van der Waals surface area contributed by atoms with Crippen LogP contribution in [0.1, 0.15) is 56.1 Å². The van der Waals surface area contributed by atoms with E-state index in [-0.39, 0.29) is 5.92 Å². The van der Waals surface area contributed by atoms with Gasteiger partial charge in [-0.25, -0.2) is 4.98 Å². The summed E-state index contributed by atoms with van der Waals surface area (Å²) in [6.07, 6.45) is 0.902. The maximum absolute atomic E-state index is 10.8. The second-order valence-electron chi connectivity index (χ2n) is 8.38. The van der Waals surface area contributed by atoms with E-state index < -0.39 is 6.10 Å². The normalized spacial score (nSPS) is 12.1. The van der Waals surface area contributed by atoms with E-state index in [9.17, 15) is 10.4 Å². The first kappa shape index (κ1) is 22.4. The first-order valence-electron chi connectivity index (χ1n) is 11.1. The van der Waals surface area contributed by atoms with Crippen LogP contribution in [0.2, 0.25) is 0 Å². The van der Waals surface area contributed by atoms with Crippen LogP contribution in [0.15, 0.2) is 48.5 Å². The number of nitriles is 1. The second kappa shape index (κ2) is 9.76. The predicted molar refractivity (Wildman–Crippen MR) is 125 cm³/mol. The molecular weight excluding hydrogens is 414 g/mol. The second-order valence-corrected chi connectivity index (χ2v) is 8.38. The van der Waals surface area contributed by atoms with Crippen LogP contribution < -0.4 is 0 Å². The molecule has 0 fully saturated rings. The molecule has 0 amide bonds. The number of hydrogen-bond donors (Lipinski definition) is 2. The number of benzene rings is 2. The molecule has 2 aromatic carbocycles. The van der Waals surface area contributed by atoms with Crippen molar-refractivity contribution < 1.29 is 5.11 Å². The van der Waals surface area contributed by atoms with E-state index in [0.717, 1.165) is 40.9 Å². The summed E-state index contributed by atoms with van der Waals surface area (Å²) < 4.78 is 2.01. The lowest BCUT2D eigenvalue weighted by atomic mass is 9.98. The Balaban J connectivity index is 1.69. The Kier molecular flexibility index (Phi) is 6.61. The Morgan fingerprint density at radius 3 is 2.42 bits per heavy atom. The monoisotopic (exact) mass is 441 g/mol. The molecule has 0 radical (unpaired) electrons. The Morgan fingerprint density at radius 2 is 1.82 bits per heavy atom. The van der Waals surface area contributed by atoms with E-state index in [0.29, 0.717) is 23.8 Å². The fraction of sp³-hybridized carbons (Fsp3) is 0.320. The molecule has 0 aliphatic rings. The molecule has 0 bridgehead atoms. The SMILES string of the molecule is CCCc1nc(C#N)c(C(O)C(C)C)n1Cc1ccc(-c2ccccc2-c2nn[nH]n2)cc1. The minimum atomic E-state index is -0.751. The van der Waals surface area contributed by atoms with Crippen molar-refractivity contribution in [3.05, 3.63) is 71.3 Å². The van der Waals surface area contributed by atoms with Crippen molar-refractivity contribution in [2.75, 3.05) is 0 Å². The third kappa shape index (κ3) is 4.54. The van der Waals surface area contributed by atoms with E-state index in [1.165, 1.54) is 0 Å². The maximum atomic E-state index is 10.8. The third-order valence-electron chi connectivity index (χ3n) is 5.70. The zero-order valence-electron chi connectivity index (χ0n) is 19.0. The van der Waals surface area contributed by atoms with Crippen molar-refractivity contribution in [2.45, 2.75) is 46.3 Å². The highest BCUT2D eigenvalue weighted by molar-refractivity contribution is 5.80. The van der Waals surface area contributed by atoms with Gasteiger partial charge in [0.2, 0.25) is 5.82 Å². The number of aromatic amines is 1. The molecule has 0 spiro atoms. The number of nitrogens with one attached hydrogen (secondary N) is 1. The van der Waals surface area contributed by atoms with Crippen molar-refractivity contribution in [3.8, 4) is 28.6 Å². The number of hydrogen-bond acceptors (Lipinski definition) is 6. The summed E-state index contributed by atoms with van der Waals surface area (Å²) in [5.41, 5.74) is 4.93. The molecule has 1 unspecified atom stereocenters. The molecule has 0 saturated heterocycles. The minimum absolute atomic E-state index is 0.0222. The lowest BCUT2D eigenvalue weighted by molar-refractivity contribution is 0.118. The van der Waals surface area contributed by atoms with Gasteiger partial charge in [0.05, 0.1) is 11.8 Å². The molecule has 0 aliphatic carbocycles. The Morgan fingerprint density at radius 1 is 1.09 bits per heavy atom. The van der Waals surface area contributed by atoms with Gasteiger partial charge in [-0.2, -0.15) is 10.5 Å². The first-order valence-corrected chi connectivity index (χ1v) is 11.1. The summed E-state index contributed by atoms with van der Waals surface area (Å²) in [6, 6.07) is 18.4. The first-order chi connectivity index (χ1) is 16.0. The van der Waals surface area contributed by atoms with E-state index in [4.69, 9.17) is 0 Å². The van der Waals surface area contributed by atoms with Crippen molar-refractivity contribution in [3.63, 3.8) is 0 Å². The van der Waals surface area contributed by atoms with Crippen LogP contribution in [0, 0.1) is 17.2 Å². The van der Waals surface area contributed by atoms with Crippen molar-refractivity contribution in [1.82, 2.24) is 30.2 Å². The Hall–Kier alpha value is -3.83. The number of tetrazole rings is 1. The molecule has 33 heavy (non-hydrogen) atoms. The number of aliphatic hydroxyl groups excluding tert-OH is 1. The molecule has 168 valence electrons. The third-order valence-corrected chi connectivity index (χ3v) is 5.70. The number of aryl methyl sites for hydroxylation is 1. The van der Waals surface area contributed by atoms with Gasteiger partial charge in [-0.1, -0.05) is 69.3 Å². The number of aromatic nitrogens is 6. The Labute approximate surface area is 192 Å². The van der Waals surface area contributed by atoms with Crippen LogP contribution in [0.4, 0.5) is 0 Å². The van der Waals surface area contributed by atoms with E-state index in [1.807, 2.05) is 42.7 Å².